The van der Waals surface area contributed by atoms with Crippen molar-refractivity contribution in [2.45, 2.75) is 38.2 Å². The molecule has 27 heavy (non-hydrogen) atoms. The Balaban J connectivity index is 1.78. The topological polar surface area (TPSA) is 98.5 Å². The van der Waals surface area contributed by atoms with Gasteiger partial charge in [-0.1, -0.05) is 6.07 Å². The number of thioether (sulfide) groups is 1. The number of nitrogens with two attached hydrogens (primary N) is 1. The molecule has 2 aromatic rings. The summed E-state index contributed by atoms with van der Waals surface area (Å²) in [7, 11) is 0. The van der Waals surface area contributed by atoms with E-state index in [1.807, 2.05) is 19.1 Å². The lowest BCUT2D eigenvalue weighted by molar-refractivity contribution is -0.152. The minimum Gasteiger partial charge on any atom is -0.453 e. The Bertz CT molecular complexity index is 848. The second kappa shape index (κ2) is 9.57. The van der Waals surface area contributed by atoms with Crippen molar-refractivity contribution in [2.75, 3.05) is 11.1 Å². The summed E-state index contributed by atoms with van der Waals surface area (Å²) in [5.41, 5.74) is 7.90. The van der Waals surface area contributed by atoms with Gasteiger partial charge >= 0.3 is 5.97 Å². The fraction of sp³-hybridized carbons (Fsp3) is 0.316. The summed E-state index contributed by atoms with van der Waals surface area (Å²) in [6, 6.07) is 7.68. The maximum Gasteiger partial charge on any atom is 0.307 e. The summed E-state index contributed by atoms with van der Waals surface area (Å²) in [6.45, 7) is 5.59. The lowest BCUT2D eigenvalue weighted by Crippen LogP contribution is -2.30. The van der Waals surface area contributed by atoms with Crippen molar-refractivity contribution >= 4 is 45.9 Å². The first-order valence-corrected chi connectivity index (χ1v) is 10.2. The van der Waals surface area contributed by atoms with Gasteiger partial charge in [-0.15, -0.1) is 23.1 Å². The van der Waals surface area contributed by atoms with Crippen LogP contribution < -0.4 is 11.1 Å². The van der Waals surface area contributed by atoms with Crippen molar-refractivity contribution in [3.8, 4) is 0 Å². The second-order valence-electron chi connectivity index (χ2n) is 5.99. The van der Waals surface area contributed by atoms with Gasteiger partial charge in [0.05, 0.1) is 12.0 Å². The van der Waals surface area contributed by atoms with Gasteiger partial charge in [-0.3, -0.25) is 14.4 Å². The van der Waals surface area contributed by atoms with Gasteiger partial charge in [0.25, 0.3) is 11.8 Å². The molecular weight excluding hydrogens is 384 g/mol. The molecular formula is C19H22N2O4S2. The molecule has 0 radical (unpaired) electrons. The van der Waals surface area contributed by atoms with Crippen LogP contribution in [0.15, 0.2) is 34.5 Å². The van der Waals surface area contributed by atoms with Crippen molar-refractivity contribution in [2.24, 2.45) is 5.73 Å². The van der Waals surface area contributed by atoms with Gasteiger partial charge in [-0.2, -0.15) is 0 Å². The number of benzene rings is 1. The van der Waals surface area contributed by atoms with E-state index in [9.17, 15) is 14.4 Å². The number of thiophene rings is 1. The quantitative estimate of drug-likeness (QED) is 0.516. The molecule has 0 spiro atoms. The smallest absolute Gasteiger partial charge is 0.307 e. The number of carbonyl (C=O) groups excluding carboxylic acids is 3. The fourth-order valence-electron chi connectivity index (χ4n) is 2.18. The molecule has 0 aliphatic rings. The Kier molecular flexibility index (Phi) is 7.44. The van der Waals surface area contributed by atoms with E-state index in [0.717, 1.165) is 4.90 Å². The van der Waals surface area contributed by atoms with E-state index in [4.69, 9.17) is 10.5 Å². The summed E-state index contributed by atoms with van der Waals surface area (Å²) in [6.07, 6.45) is -0.771. The standard InChI is InChI=1S/C19H22N2O4S2/c1-11-4-5-14(10-12(11)2)26-9-7-16(22)25-13(3)18(24)21-19-15(17(20)23)6-8-27-19/h4-6,8,10,13H,7,9H2,1-3H3,(H2,20,23)(H,21,24)/t13-/m0/s1. The van der Waals surface area contributed by atoms with Crippen LogP contribution >= 0.6 is 23.1 Å². The molecule has 0 saturated heterocycles. The average Bonchev–Trinajstić information content (AvgIpc) is 3.06. The highest BCUT2D eigenvalue weighted by Crippen LogP contribution is 2.23. The van der Waals surface area contributed by atoms with E-state index in [1.165, 1.54) is 35.5 Å². The van der Waals surface area contributed by atoms with Crippen LogP contribution in [0.3, 0.4) is 0 Å². The van der Waals surface area contributed by atoms with Gasteiger partial charge in [-0.25, -0.2) is 0 Å². The molecule has 0 aliphatic heterocycles. The van der Waals surface area contributed by atoms with E-state index in [-0.39, 0.29) is 12.0 Å². The highest BCUT2D eigenvalue weighted by atomic mass is 32.2. The van der Waals surface area contributed by atoms with Crippen LogP contribution in [0.2, 0.25) is 0 Å². The summed E-state index contributed by atoms with van der Waals surface area (Å²) in [5, 5.41) is 4.56. The van der Waals surface area contributed by atoms with Crippen molar-refractivity contribution in [3.63, 3.8) is 0 Å². The molecule has 1 aromatic carbocycles. The zero-order chi connectivity index (χ0) is 20.0. The maximum absolute atomic E-state index is 12.1. The molecule has 8 heteroatoms. The van der Waals surface area contributed by atoms with Crippen LogP contribution in [0.5, 0.6) is 0 Å². The van der Waals surface area contributed by atoms with Gasteiger partial charge in [0.1, 0.15) is 5.00 Å². The van der Waals surface area contributed by atoms with Crippen molar-refractivity contribution in [1.29, 1.82) is 0 Å². The third-order valence-corrected chi connectivity index (χ3v) is 5.72. The average molecular weight is 407 g/mol. The number of aryl methyl sites for hydroxylation is 2. The molecule has 1 aromatic heterocycles. The number of esters is 1. The molecule has 2 rings (SSSR count). The first-order chi connectivity index (χ1) is 12.8. The van der Waals surface area contributed by atoms with Gasteiger partial charge in [-0.05, 0) is 55.5 Å². The molecule has 144 valence electrons. The normalized spacial score (nSPS) is 11.7. The third kappa shape index (κ3) is 6.11. The number of nitrogens with one attached hydrogen (secondary N) is 1. The molecule has 1 atom stereocenters. The molecule has 0 unspecified atom stereocenters. The molecule has 2 amide bonds. The third-order valence-electron chi connectivity index (χ3n) is 3.90. The predicted octanol–water partition coefficient (Wildman–Crippen LogP) is 3.52. The summed E-state index contributed by atoms with van der Waals surface area (Å²) >= 11 is 2.74. The van der Waals surface area contributed by atoms with Crippen molar-refractivity contribution in [3.05, 3.63) is 46.3 Å². The Morgan fingerprint density at radius 3 is 2.63 bits per heavy atom. The van der Waals surface area contributed by atoms with E-state index in [0.29, 0.717) is 10.8 Å². The SMILES string of the molecule is Cc1ccc(SCCC(=O)O[C@@H](C)C(=O)Nc2sccc2C(N)=O)cc1C. The minimum atomic E-state index is -0.966. The molecule has 1 heterocycles. The van der Waals surface area contributed by atoms with Crippen LogP contribution in [0, 0.1) is 13.8 Å². The highest BCUT2D eigenvalue weighted by Gasteiger charge is 2.20. The van der Waals surface area contributed by atoms with Crippen LogP contribution in [0.4, 0.5) is 5.00 Å². The van der Waals surface area contributed by atoms with Gasteiger partial charge < -0.3 is 15.8 Å². The molecule has 0 fully saturated rings. The number of anilines is 1. The zero-order valence-corrected chi connectivity index (χ0v) is 17.0. The van der Waals surface area contributed by atoms with Gasteiger partial charge in [0.15, 0.2) is 6.10 Å². The number of carbonyl (C=O) groups is 3. The lowest BCUT2D eigenvalue weighted by Gasteiger charge is -2.13. The number of ether oxygens (including phenoxy) is 1. The molecule has 6 nitrogen and oxygen atoms in total. The fourth-order valence-corrected chi connectivity index (χ4v) is 3.90. The van der Waals surface area contributed by atoms with E-state index < -0.39 is 23.9 Å². The molecule has 0 bridgehead atoms. The minimum absolute atomic E-state index is 0.195. The molecule has 0 aliphatic carbocycles. The Hall–Kier alpha value is -2.32. The first kappa shape index (κ1) is 21.0. The zero-order valence-electron chi connectivity index (χ0n) is 15.4. The summed E-state index contributed by atoms with van der Waals surface area (Å²) < 4.78 is 5.17. The number of hydrogen-bond acceptors (Lipinski definition) is 6. The lowest BCUT2D eigenvalue weighted by atomic mass is 10.1. The number of amides is 2. The van der Waals surface area contributed by atoms with Gasteiger partial charge in [0.2, 0.25) is 0 Å². The van der Waals surface area contributed by atoms with Crippen molar-refractivity contribution in [1.82, 2.24) is 0 Å². The van der Waals surface area contributed by atoms with Crippen molar-refractivity contribution < 1.29 is 19.1 Å². The van der Waals surface area contributed by atoms with E-state index in [1.54, 1.807) is 17.1 Å². The Morgan fingerprint density at radius 2 is 1.96 bits per heavy atom. The Morgan fingerprint density at radius 1 is 1.22 bits per heavy atom. The monoisotopic (exact) mass is 406 g/mol. The molecule has 3 N–H and O–H groups in total. The van der Waals surface area contributed by atoms with Crippen LogP contribution in [0.25, 0.3) is 0 Å². The number of hydrogen-bond donors (Lipinski definition) is 2. The van der Waals surface area contributed by atoms with Crippen LogP contribution in [0.1, 0.15) is 34.8 Å². The van der Waals surface area contributed by atoms with Crippen LogP contribution in [-0.2, 0) is 14.3 Å². The highest BCUT2D eigenvalue weighted by molar-refractivity contribution is 7.99. The van der Waals surface area contributed by atoms with E-state index in [2.05, 4.69) is 18.3 Å². The summed E-state index contributed by atoms with van der Waals surface area (Å²) in [4.78, 5) is 36.5. The predicted molar refractivity (Wildman–Crippen MR) is 108 cm³/mol. The summed E-state index contributed by atoms with van der Waals surface area (Å²) in [5.74, 6) is -1.02. The number of primary amides is 1. The largest absolute Gasteiger partial charge is 0.453 e. The number of rotatable bonds is 8. The first-order valence-electron chi connectivity index (χ1n) is 8.35. The second-order valence-corrected chi connectivity index (χ2v) is 8.08. The van der Waals surface area contributed by atoms with Crippen LogP contribution in [-0.4, -0.2) is 29.6 Å². The van der Waals surface area contributed by atoms with E-state index >= 15 is 0 Å². The Labute approximate surface area is 166 Å². The van der Waals surface area contributed by atoms with Gasteiger partial charge in [0, 0.05) is 10.6 Å². The molecule has 0 saturated carbocycles. The maximum atomic E-state index is 12.1.